The van der Waals surface area contributed by atoms with Gasteiger partial charge in [-0.15, -0.1) is 0 Å². The average Bonchev–Trinajstić information content (AvgIpc) is 2.90. The number of pyridine rings is 1. The van der Waals surface area contributed by atoms with Gasteiger partial charge in [-0.3, -0.25) is 4.98 Å². The van der Waals surface area contributed by atoms with Crippen LogP contribution in [0.2, 0.25) is 0 Å². The summed E-state index contributed by atoms with van der Waals surface area (Å²) in [5.41, 5.74) is 0.583. The number of carbonyl (C=O) groups is 1. The molecule has 0 fully saturated rings. The summed E-state index contributed by atoms with van der Waals surface area (Å²) in [6.45, 7) is 1.69. The van der Waals surface area contributed by atoms with Crippen LogP contribution in [-0.4, -0.2) is 29.5 Å². The van der Waals surface area contributed by atoms with Crippen molar-refractivity contribution in [1.29, 1.82) is 0 Å². The van der Waals surface area contributed by atoms with Crippen LogP contribution in [-0.2, 0) is 10.0 Å². The first-order valence-electron chi connectivity index (χ1n) is 5.74. The molecule has 8 heteroatoms. The summed E-state index contributed by atoms with van der Waals surface area (Å²) in [6, 6.07) is 4.02. The van der Waals surface area contributed by atoms with Crippen LogP contribution in [0.3, 0.4) is 0 Å². The number of sulfonamides is 1. The Labute approximate surface area is 115 Å². The molecule has 0 aliphatic carbocycles. The van der Waals surface area contributed by atoms with Crippen LogP contribution in [0, 0.1) is 0 Å². The van der Waals surface area contributed by atoms with Crippen molar-refractivity contribution in [3.05, 3.63) is 48.0 Å². The highest BCUT2D eigenvalue weighted by molar-refractivity contribution is 7.89. The second kappa shape index (κ2) is 5.43. The lowest BCUT2D eigenvalue weighted by molar-refractivity contribution is 0.0691. The molecule has 2 aromatic rings. The van der Waals surface area contributed by atoms with Gasteiger partial charge in [0.25, 0.3) is 0 Å². The minimum Gasteiger partial charge on any atom is -0.477 e. The zero-order valence-electron chi connectivity index (χ0n) is 10.6. The molecule has 0 bridgehead atoms. The third-order valence-electron chi connectivity index (χ3n) is 2.74. The predicted molar refractivity (Wildman–Crippen MR) is 70.7 cm³/mol. The summed E-state index contributed by atoms with van der Waals surface area (Å²) >= 11 is 0. The van der Waals surface area contributed by atoms with Crippen molar-refractivity contribution in [2.45, 2.75) is 17.9 Å². The molecule has 1 atom stereocenters. The fourth-order valence-electron chi connectivity index (χ4n) is 1.67. The lowest BCUT2D eigenvalue weighted by Crippen LogP contribution is -2.26. The maximum atomic E-state index is 12.1. The van der Waals surface area contributed by atoms with E-state index in [-0.39, 0.29) is 10.6 Å². The van der Waals surface area contributed by atoms with Gasteiger partial charge in [-0.2, -0.15) is 0 Å². The Kier molecular flexibility index (Phi) is 3.86. The zero-order chi connectivity index (χ0) is 14.8. The number of aromatic carboxylic acids is 1. The third-order valence-corrected chi connectivity index (χ3v) is 4.26. The summed E-state index contributed by atoms with van der Waals surface area (Å²) in [7, 11) is -3.79. The molecule has 0 amide bonds. The van der Waals surface area contributed by atoms with Crippen LogP contribution in [0.5, 0.6) is 0 Å². The molecule has 2 rings (SSSR count). The number of H-pyrrole nitrogens is 1. The molecule has 0 aliphatic rings. The minimum atomic E-state index is -3.79. The fraction of sp³-hybridized carbons (Fsp3) is 0.167. The number of hydrogen-bond donors (Lipinski definition) is 3. The smallest absolute Gasteiger partial charge is 0.352 e. The maximum Gasteiger partial charge on any atom is 0.352 e. The van der Waals surface area contributed by atoms with Gasteiger partial charge in [0.05, 0.1) is 0 Å². The summed E-state index contributed by atoms with van der Waals surface area (Å²) in [4.78, 5) is 16.9. The van der Waals surface area contributed by atoms with Crippen molar-refractivity contribution in [3.8, 4) is 0 Å². The van der Waals surface area contributed by atoms with Crippen LogP contribution < -0.4 is 4.72 Å². The van der Waals surface area contributed by atoms with E-state index in [4.69, 9.17) is 5.11 Å². The molecule has 7 nitrogen and oxygen atoms in total. The largest absolute Gasteiger partial charge is 0.477 e. The first-order chi connectivity index (χ1) is 9.40. The van der Waals surface area contributed by atoms with E-state index in [2.05, 4.69) is 14.7 Å². The number of hydrogen-bond acceptors (Lipinski definition) is 4. The number of carboxylic acid groups (broad SMARTS) is 1. The Bertz CT molecular complexity index is 709. The van der Waals surface area contributed by atoms with E-state index in [9.17, 15) is 13.2 Å². The number of rotatable bonds is 5. The number of aromatic amines is 1. The molecule has 0 aliphatic heterocycles. The highest BCUT2D eigenvalue weighted by atomic mass is 32.2. The van der Waals surface area contributed by atoms with Crippen LogP contribution in [0.25, 0.3) is 0 Å². The van der Waals surface area contributed by atoms with E-state index in [0.717, 1.165) is 17.8 Å². The highest BCUT2D eigenvalue weighted by Gasteiger charge is 2.21. The van der Waals surface area contributed by atoms with E-state index in [1.54, 1.807) is 31.5 Å². The lowest BCUT2D eigenvalue weighted by atomic mass is 10.1. The van der Waals surface area contributed by atoms with Gasteiger partial charge >= 0.3 is 5.97 Å². The molecule has 0 saturated carbocycles. The molecule has 1 unspecified atom stereocenters. The van der Waals surface area contributed by atoms with Crippen LogP contribution >= 0.6 is 0 Å². The Morgan fingerprint density at radius 2 is 2.05 bits per heavy atom. The number of carboxylic acids is 1. The second-order valence-electron chi connectivity index (χ2n) is 4.18. The van der Waals surface area contributed by atoms with Crippen LogP contribution in [0.15, 0.2) is 41.7 Å². The molecule has 0 aromatic carbocycles. The maximum absolute atomic E-state index is 12.1. The molecular weight excluding hydrogens is 282 g/mol. The van der Waals surface area contributed by atoms with Gasteiger partial charge in [-0.25, -0.2) is 17.9 Å². The summed E-state index contributed by atoms with van der Waals surface area (Å²) in [5, 5.41) is 8.77. The van der Waals surface area contributed by atoms with Crippen molar-refractivity contribution < 1.29 is 18.3 Å². The lowest BCUT2D eigenvalue weighted by Gasteiger charge is -2.13. The van der Waals surface area contributed by atoms with Crippen molar-refractivity contribution in [2.75, 3.05) is 0 Å². The predicted octanol–water partition coefficient (Wildman–Crippen LogP) is 1.15. The van der Waals surface area contributed by atoms with Gasteiger partial charge in [-0.05, 0) is 30.7 Å². The quantitative estimate of drug-likeness (QED) is 0.766. The Balaban J connectivity index is 2.20. The van der Waals surface area contributed by atoms with Gasteiger partial charge < -0.3 is 10.1 Å². The van der Waals surface area contributed by atoms with Crippen LogP contribution in [0.4, 0.5) is 0 Å². The molecule has 2 heterocycles. The summed E-state index contributed by atoms with van der Waals surface area (Å²) < 4.78 is 26.7. The van der Waals surface area contributed by atoms with E-state index >= 15 is 0 Å². The third kappa shape index (κ3) is 3.03. The summed E-state index contributed by atoms with van der Waals surface area (Å²) in [6.07, 6.45) is 4.28. The van der Waals surface area contributed by atoms with E-state index < -0.39 is 22.0 Å². The van der Waals surface area contributed by atoms with Gasteiger partial charge in [0.15, 0.2) is 0 Å². The van der Waals surface area contributed by atoms with E-state index in [1.165, 1.54) is 0 Å². The highest BCUT2D eigenvalue weighted by Crippen LogP contribution is 2.17. The van der Waals surface area contributed by atoms with Crippen molar-refractivity contribution >= 4 is 16.0 Å². The van der Waals surface area contributed by atoms with E-state index in [1.807, 2.05) is 0 Å². The zero-order valence-corrected chi connectivity index (χ0v) is 11.4. The molecule has 106 valence electrons. The van der Waals surface area contributed by atoms with Crippen molar-refractivity contribution in [2.24, 2.45) is 0 Å². The van der Waals surface area contributed by atoms with E-state index in [0.29, 0.717) is 0 Å². The second-order valence-corrected chi connectivity index (χ2v) is 5.89. The topological polar surface area (TPSA) is 112 Å². The van der Waals surface area contributed by atoms with Gasteiger partial charge in [0.1, 0.15) is 10.6 Å². The number of aromatic nitrogens is 2. The number of nitrogens with one attached hydrogen (secondary N) is 2. The molecule has 0 saturated heterocycles. The normalized spacial score (nSPS) is 13.1. The first-order valence-corrected chi connectivity index (χ1v) is 7.22. The molecule has 20 heavy (non-hydrogen) atoms. The molecule has 3 N–H and O–H groups in total. The summed E-state index contributed by atoms with van der Waals surface area (Å²) in [5.74, 6) is -1.21. The minimum absolute atomic E-state index is 0.115. The molecule has 0 radical (unpaired) electrons. The average molecular weight is 295 g/mol. The monoisotopic (exact) mass is 295 g/mol. The Morgan fingerprint density at radius 1 is 1.40 bits per heavy atom. The Hall–Kier alpha value is -2.19. The molecule has 2 aromatic heterocycles. The van der Waals surface area contributed by atoms with Crippen LogP contribution in [0.1, 0.15) is 29.0 Å². The standard InChI is InChI=1S/C12H13N3O4S/c1-8(9-2-4-13-5-3-9)15-20(18,19)10-6-11(12(16)17)14-7-10/h2-8,14-15H,1H3,(H,16,17). The van der Waals surface area contributed by atoms with Gasteiger partial charge in [-0.1, -0.05) is 0 Å². The first kappa shape index (κ1) is 14.2. The van der Waals surface area contributed by atoms with Gasteiger partial charge in [0, 0.05) is 24.6 Å². The molecular formula is C12H13N3O4S. The van der Waals surface area contributed by atoms with Gasteiger partial charge in [0.2, 0.25) is 10.0 Å². The number of nitrogens with zero attached hydrogens (tertiary/aromatic N) is 1. The molecule has 0 spiro atoms. The Morgan fingerprint density at radius 3 is 2.60 bits per heavy atom. The fourth-order valence-corrected chi connectivity index (χ4v) is 2.90. The van der Waals surface area contributed by atoms with Crippen molar-refractivity contribution in [1.82, 2.24) is 14.7 Å². The van der Waals surface area contributed by atoms with Crippen molar-refractivity contribution in [3.63, 3.8) is 0 Å². The SMILES string of the molecule is CC(NS(=O)(=O)c1c[nH]c(C(=O)O)c1)c1ccncc1.